The first kappa shape index (κ1) is 33.9. The Morgan fingerprint density at radius 3 is 2.31 bits per heavy atom. The van der Waals surface area contributed by atoms with Crippen molar-refractivity contribution in [1.29, 1.82) is 0 Å². The third kappa shape index (κ3) is 8.20. The van der Waals surface area contributed by atoms with Crippen LogP contribution in [0.1, 0.15) is 54.7 Å². The van der Waals surface area contributed by atoms with Crippen LogP contribution in [0.25, 0.3) is 11.1 Å². The number of alkyl carbamates (subject to hydrolysis) is 1. The van der Waals surface area contributed by atoms with E-state index in [1.54, 1.807) is 17.1 Å². The first-order chi connectivity index (χ1) is 23.9. The van der Waals surface area contributed by atoms with Crippen molar-refractivity contribution in [3.8, 4) is 11.1 Å². The molecule has 2 heterocycles. The Hall–Kier alpha value is -4.96. The van der Waals surface area contributed by atoms with E-state index in [0.29, 0.717) is 19.4 Å². The Morgan fingerprint density at radius 2 is 1.59 bits per heavy atom. The second kappa shape index (κ2) is 16.0. The largest absolute Gasteiger partial charge is 0.462 e. The Labute approximate surface area is 286 Å². The second-order valence-electron chi connectivity index (χ2n) is 13.0. The van der Waals surface area contributed by atoms with Crippen molar-refractivity contribution in [2.75, 3.05) is 26.4 Å². The fraction of sp³-hybridized carbons (Fsp3) is 0.385. The zero-order chi connectivity index (χ0) is 34.2. The number of esters is 1. The number of hydrogen-bond donors (Lipinski definition) is 3. The molecule has 0 bridgehead atoms. The van der Waals surface area contributed by atoms with E-state index in [2.05, 4.69) is 22.8 Å². The summed E-state index contributed by atoms with van der Waals surface area (Å²) in [4.78, 5) is 54.8. The Morgan fingerprint density at radius 1 is 0.918 bits per heavy atom. The van der Waals surface area contributed by atoms with Crippen molar-refractivity contribution in [3.05, 3.63) is 108 Å². The van der Waals surface area contributed by atoms with Gasteiger partial charge in [0.25, 0.3) is 0 Å². The van der Waals surface area contributed by atoms with E-state index >= 15 is 0 Å². The molecule has 0 saturated carbocycles. The number of carbonyl (C=O) groups is 4. The average Bonchev–Trinajstić information content (AvgIpc) is 3.72. The number of benzene rings is 3. The number of ether oxygens (including phenoxy) is 2. The van der Waals surface area contributed by atoms with Gasteiger partial charge >= 0.3 is 12.1 Å². The molecule has 0 spiro atoms. The lowest BCUT2D eigenvalue weighted by Gasteiger charge is -2.29. The normalized spacial score (nSPS) is 22.0. The van der Waals surface area contributed by atoms with Gasteiger partial charge < -0.3 is 30.1 Å². The molecule has 0 radical (unpaired) electrons. The number of amides is 3. The quantitative estimate of drug-likeness (QED) is 0.226. The summed E-state index contributed by atoms with van der Waals surface area (Å²) in [5.41, 5.74) is 5.41. The number of nitrogens with one attached hydrogen (secondary N) is 2. The van der Waals surface area contributed by atoms with Crippen LogP contribution in [0, 0.1) is 5.92 Å². The van der Waals surface area contributed by atoms with E-state index < -0.39 is 30.1 Å². The Balaban J connectivity index is 1.09. The fourth-order valence-corrected chi connectivity index (χ4v) is 7.14. The van der Waals surface area contributed by atoms with Gasteiger partial charge in [-0.05, 0) is 59.9 Å². The molecule has 2 aliphatic heterocycles. The number of fused-ring (bicyclic) bond motifs is 4. The first-order valence-electron chi connectivity index (χ1n) is 17.1. The number of allylic oxidation sites excluding steroid dienone is 1. The van der Waals surface area contributed by atoms with Crippen molar-refractivity contribution in [1.82, 2.24) is 15.5 Å². The lowest BCUT2D eigenvalue weighted by molar-refractivity contribution is -0.150. The van der Waals surface area contributed by atoms with E-state index in [4.69, 9.17) is 9.47 Å². The fourth-order valence-electron chi connectivity index (χ4n) is 7.14. The second-order valence-corrected chi connectivity index (χ2v) is 13.0. The van der Waals surface area contributed by atoms with Crippen LogP contribution < -0.4 is 10.6 Å². The Kier molecular flexibility index (Phi) is 11.0. The SMILES string of the molecule is O=C(C[C@@H]1C/C=C/C[C@H](NC(=O)OCC2c3ccccc3-c3ccccc32)C(=O)OC[C@H]2CCCN2C1=O)N[C@H](CO)Cc1ccccc1. The molecule has 3 aromatic rings. The number of nitrogens with zero attached hydrogens (tertiary/aromatic N) is 1. The number of hydrogen-bond acceptors (Lipinski definition) is 7. The molecule has 3 aromatic carbocycles. The minimum atomic E-state index is -0.984. The predicted octanol–water partition coefficient (Wildman–Crippen LogP) is 4.50. The highest BCUT2D eigenvalue weighted by Gasteiger charge is 2.36. The lowest BCUT2D eigenvalue weighted by Crippen LogP contribution is -2.46. The number of carbonyl (C=O) groups excluding carboxylic acids is 4. The van der Waals surface area contributed by atoms with Crippen LogP contribution in [-0.4, -0.2) is 78.4 Å². The van der Waals surface area contributed by atoms with Crippen LogP contribution in [0.2, 0.25) is 0 Å². The number of cyclic esters (lactones) is 1. The number of aliphatic hydroxyl groups excluding tert-OH is 1. The molecule has 3 aliphatic rings. The van der Waals surface area contributed by atoms with Gasteiger partial charge in [-0.1, -0.05) is 91.0 Å². The van der Waals surface area contributed by atoms with Crippen LogP contribution in [0.3, 0.4) is 0 Å². The van der Waals surface area contributed by atoms with Gasteiger partial charge in [-0.25, -0.2) is 9.59 Å². The van der Waals surface area contributed by atoms with E-state index in [1.807, 2.05) is 66.7 Å². The average molecular weight is 666 g/mol. The van der Waals surface area contributed by atoms with Crippen LogP contribution in [-0.2, 0) is 30.3 Å². The Bertz CT molecular complexity index is 1630. The highest BCUT2D eigenvalue weighted by atomic mass is 16.6. The minimum Gasteiger partial charge on any atom is -0.462 e. The molecule has 1 aliphatic carbocycles. The van der Waals surface area contributed by atoms with Gasteiger partial charge in [-0.15, -0.1) is 0 Å². The molecule has 0 unspecified atom stereocenters. The monoisotopic (exact) mass is 665 g/mol. The summed E-state index contributed by atoms with van der Waals surface area (Å²) in [7, 11) is 0. The van der Waals surface area contributed by atoms with Gasteiger partial charge in [0.15, 0.2) is 0 Å². The van der Waals surface area contributed by atoms with Gasteiger partial charge in [-0.2, -0.15) is 0 Å². The molecule has 3 amide bonds. The van der Waals surface area contributed by atoms with Crippen LogP contribution in [0.4, 0.5) is 4.79 Å². The van der Waals surface area contributed by atoms with Crippen LogP contribution in [0.5, 0.6) is 0 Å². The van der Waals surface area contributed by atoms with Crippen molar-refractivity contribution in [2.24, 2.45) is 5.92 Å². The molecule has 10 nitrogen and oxygen atoms in total. The summed E-state index contributed by atoms with van der Waals surface area (Å²) in [6.45, 7) is 0.400. The highest BCUT2D eigenvalue weighted by molar-refractivity contribution is 5.87. The van der Waals surface area contributed by atoms with Crippen LogP contribution in [0.15, 0.2) is 91.0 Å². The molecule has 3 N–H and O–H groups in total. The molecule has 10 heteroatoms. The molecular weight excluding hydrogens is 622 g/mol. The maximum Gasteiger partial charge on any atom is 0.407 e. The smallest absolute Gasteiger partial charge is 0.407 e. The maximum atomic E-state index is 13.7. The van der Waals surface area contributed by atoms with Crippen molar-refractivity contribution >= 4 is 23.9 Å². The van der Waals surface area contributed by atoms with E-state index in [-0.39, 0.29) is 62.9 Å². The third-order valence-corrected chi connectivity index (χ3v) is 9.65. The summed E-state index contributed by atoms with van der Waals surface area (Å²) in [6, 6.07) is 24.0. The van der Waals surface area contributed by atoms with E-state index in [1.165, 1.54) is 0 Å². The molecule has 6 rings (SSSR count). The summed E-state index contributed by atoms with van der Waals surface area (Å²) >= 11 is 0. The van der Waals surface area contributed by atoms with Crippen molar-refractivity contribution in [3.63, 3.8) is 0 Å². The maximum absolute atomic E-state index is 13.7. The topological polar surface area (TPSA) is 134 Å². The number of aliphatic hydroxyl groups is 1. The van der Waals surface area contributed by atoms with E-state index in [0.717, 1.165) is 34.2 Å². The first-order valence-corrected chi connectivity index (χ1v) is 17.1. The zero-order valence-electron chi connectivity index (χ0n) is 27.5. The van der Waals surface area contributed by atoms with Crippen LogP contribution >= 0.6 is 0 Å². The highest BCUT2D eigenvalue weighted by Crippen LogP contribution is 2.44. The number of rotatable bonds is 9. The molecule has 1 fully saturated rings. The van der Waals surface area contributed by atoms with Gasteiger partial charge in [0.2, 0.25) is 11.8 Å². The summed E-state index contributed by atoms with van der Waals surface area (Å²) in [5.74, 6) is -1.81. The zero-order valence-corrected chi connectivity index (χ0v) is 27.5. The summed E-state index contributed by atoms with van der Waals surface area (Å²) in [5, 5.41) is 15.5. The summed E-state index contributed by atoms with van der Waals surface area (Å²) < 4.78 is 11.3. The molecule has 4 atom stereocenters. The lowest BCUT2D eigenvalue weighted by atomic mass is 9.97. The van der Waals surface area contributed by atoms with Gasteiger partial charge in [0.1, 0.15) is 19.3 Å². The third-order valence-electron chi connectivity index (χ3n) is 9.65. The van der Waals surface area contributed by atoms with Crippen molar-refractivity contribution < 1.29 is 33.8 Å². The molecule has 256 valence electrons. The van der Waals surface area contributed by atoms with Gasteiger partial charge in [0.05, 0.1) is 24.6 Å². The van der Waals surface area contributed by atoms with Gasteiger partial charge in [-0.3, -0.25) is 9.59 Å². The molecule has 49 heavy (non-hydrogen) atoms. The predicted molar refractivity (Wildman–Crippen MR) is 183 cm³/mol. The minimum absolute atomic E-state index is 0.000262. The standard InChI is InChI=1S/C39H43N3O7/c43-23-28(21-26-11-2-1-3-12-26)40-36(44)22-27-13-4-9-19-35(38(46)48-24-29-14-10-20-42(29)37(27)45)41-39(47)49-25-34-32-17-7-5-15-30(32)31-16-6-8-18-33(31)34/h1-9,11-12,15-18,27-29,34-35,43H,10,13-14,19-25H2,(H,40,44)(H,41,47)/b9-4+/t27-,28-,29+,35-/m0/s1. The molecule has 1 saturated heterocycles. The van der Waals surface area contributed by atoms with E-state index in [9.17, 15) is 24.3 Å². The van der Waals surface area contributed by atoms with Gasteiger partial charge in [0, 0.05) is 18.9 Å². The molecule has 0 aromatic heterocycles. The molecular formula is C39H43N3O7. The van der Waals surface area contributed by atoms with Crippen molar-refractivity contribution in [2.45, 2.75) is 62.6 Å². The summed E-state index contributed by atoms with van der Waals surface area (Å²) in [6.07, 6.45) is 5.05.